The predicted octanol–water partition coefficient (Wildman–Crippen LogP) is 1.17. The first-order valence-corrected chi connectivity index (χ1v) is 6.86. The average molecular weight is 270 g/mol. The van der Waals surface area contributed by atoms with Gasteiger partial charge in [-0.3, -0.25) is 9.59 Å². The van der Waals surface area contributed by atoms with Crippen LogP contribution >= 0.6 is 0 Å². The van der Waals surface area contributed by atoms with Crippen LogP contribution in [0.2, 0.25) is 0 Å². The third-order valence-electron chi connectivity index (χ3n) is 3.46. The zero-order valence-electron chi connectivity index (χ0n) is 12.7. The monoisotopic (exact) mass is 270 g/mol. The highest BCUT2D eigenvalue weighted by Gasteiger charge is 2.39. The number of hydrogen-bond acceptors (Lipinski definition) is 3. The normalized spacial score (nSPS) is 25.2. The molecular formula is C14H26N2O3. The van der Waals surface area contributed by atoms with Crippen LogP contribution in [0.25, 0.3) is 0 Å². The molecule has 2 atom stereocenters. The molecule has 5 heteroatoms. The first-order valence-electron chi connectivity index (χ1n) is 6.86. The van der Waals surface area contributed by atoms with Crippen molar-refractivity contribution in [2.45, 2.75) is 52.6 Å². The molecule has 1 aliphatic rings. The molecule has 2 unspecified atom stereocenters. The van der Waals surface area contributed by atoms with Gasteiger partial charge in [0, 0.05) is 32.7 Å². The van der Waals surface area contributed by atoms with Gasteiger partial charge in [0.25, 0.3) is 0 Å². The lowest BCUT2D eigenvalue weighted by atomic mass is 9.86. The van der Waals surface area contributed by atoms with Crippen LogP contribution in [-0.2, 0) is 14.3 Å². The van der Waals surface area contributed by atoms with Gasteiger partial charge in [-0.05, 0) is 18.8 Å². The van der Waals surface area contributed by atoms with E-state index in [9.17, 15) is 9.59 Å². The molecule has 110 valence electrons. The minimum atomic E-state index is -0.451. The molecular weight excluding hydrogens is 244 g/mol. The molecule has 0 aromatic rings. The zero-order chi connectivity index (χ0) is 14.6. The molecule has 1 N–H and O–H groups in total. The van der Waals surface area contributed by atoms with Gasteiger partial charge in [-0.1, -0.05) is 20.8 Å². The molecule has 0 bridgehead atoms. The largest absolute Gasteiger partial charge is 0.385 e. The van der Waals surface area contributed by atoms with Crippen molar-refractivity contribution >= 4 is 11.8 Å². The third kappa shape index (κ3) is 4.20. The summed E-state index contributed by atoms with van der Waals surface area (Å²) in [5.41, 5.74) is -0.281. The highest BCUT2D eigenvalue weighted by molar-refractivity contribution is 5.91. The topological polar surface area (TPSA) is 58.6 Å². The van der Waals surface area contributed by atoms with Gasteiger partial charge in [-0.15, -0.1) is 0 Å². The second-order valence-electron chi connectivity index (χ2n) is 6.30. The fraction of sp³-hybridized carbons (Fsp3) is 0.857. The fourth-order valence-electron chi connectivity index (χ4n) is 2.34. The number of ether oxygens (including phenoxy) is 1. The number of methoxy groups -OCH3 is 1. The molecule has 0 spiro atoms. The Balaban J connectivity index is 2.87. The van der Waals surface area contributed by atoms with E-state index in [1.54, 1.807) is 7.11 Å². The van der Waals surface area contributed by atoms with E-state index >= 15 is 0 Å². The van der Waals surface area contributed by atoms with Crippen LogP contribution in [0.4, 0.5) is 0 Å². The van der Waals surface area contributed by atoms with Crippen molar-refractivity contribution in [3.8, 4) is 0 Å². The quantitative estimate of drug-likeness (QED) is 0.780. The van der Waals surface area contributed by atoms with Gasteiger partial charge >= 0.3 is 0 Å². The second-order valence-corrected chi connectivity index (χ2v) is 6.30. The van der Waals surface area contributed by atoms with Gasteiger partial charge in [-0.25, -0.2) is 0 Å². The molecule has 0 radical (unpaired) electrons. The summed E-state index contributed by atoms with van der Waals surface area (Å²) in [5.74, 6) is -0.0306. The zero-order valence-corrected chi connectivity index (χ0v) is 12.7. The molecule has 0 aromatic carbocycles. The summed E-state index contributed by atoms with van der Waals surface area (Å²) in [6, 6.07) is -0.510. The Morgan fingerprint density at radius 2 is 2.00 bits per heavy atom. The first-order chi connectivity index (χ1) is 8.77. The molecule has 1 saturated heterocycles. The standard InChI is InChI=1S/C14H26N2O3/c1-10-9-11(17)15-12(14(2,3)4)13(18)16(10)7-6-8-19-5/h10,12H,6-9H2,1-5H3,(H,15,17). The summed E-state index contributed by atoms with van der Waals surface area (Å²) >= 11 is 0. The number of nitrogens with zero attached hydrogens (tertiary/aromatic N) is 1. The van der Waals surface area contributed by atoms with E-state index in [4.69, 9.17) is 4.74 Å². The molecule has 0 aliphatic carbocycles. The van der Waals surface area contributed by atoms with E-state index in [1.807, 2.05) is 32.6 Å². The van der Waals surface area contributed by atoms with Crippen LogP contribution in [0.1, 0.15) is 40.5 Å². The SMILES string of the molecule is COCCCN1C(=O)C(C(C)(C)C)NC(=O)CC1C. The van der Waals surface area contributed by atoms with Crippen LogP contribution < -0.4 is 5.32 Å². The Morgan fingerprint density at radius 1 is 1.37 bits per heavy atom. The first kappa shape index (κ1) is 16.0. The number of carbonyl (C=O) groups is 2. The van der Waals surface area contributed by atoms with Gasteiger partial charge in [0.05, 0.1) is 0 Å². The van der Waals surface area contributed by atoms with Gasteiger partial charge in [-0.2, -0.15) is 0 Å². The van der Waals surface area contributed by atoms with E-state index in [-0.39, 0.29) is 23.3 Å². The van der Waals surface area contributed by atoms with Gasteiger partial charge in [0.2, 0.25) is 11.8 Å². The van der Waals surface area contributed by atoms with Gasteiger partial charge in [0.15, 0.2) is 0 Å². The molecule has 5 nitrogen and oxygen atoms in total. The van der Waals surface area contributed by atoms with E-state index in [2.05, 4.69) is 5.32 Å². The van der Waals surface area contributed by atoms with Crippen molar-refractivity contribution in [1.29, 1.82) is 0 Å². The third-order valence-corrected chi connectivity index (χ3v) is 3.46. The molecule has 0 aromatic heterocycles. The lowest BCUT2D eigenvalue weighted by Crippen LogP contribution is -2.53. The average Bonchev–Trinajstić information content (AvgIpc) is 2.38. The van der Waals surface area contributed by atoms with Crippen LogP contribution in [-0.4, -0.2) is 49.1 Å². The number of hydrogen-bond donors (Lipinski definition) is 1. The molecule has 1 fully saturated rings. The summed E-state index contributed by atoms with van der Waals surface area (Å²) in [4.78, 5) is 26.3. The van der Waals surface area contributed by atoms with Crippen molar-refractivity contribution < 1.29 is 14.3 Å². The van der Waals surface area contributed by atoms with Crippen molar-refractivity contribution in [3.63, 3.8) is 0 Å². The summed E-state index contributed by atoms with van der Waals surface area (Å²) in [5, 5.41) is 2.86. The molecule has 1 rings (SSSR count). The Kier molecular flexibility index (Phi) is 5.35. The van der Waals surface area contributed by atoms with Crippen LogP contribution in [0.3, 0.4) is 0 Å². The summed E-state index contributed by atoms with van der Waals surface area (Å²) in [7, 11) is 1.65. The van der Waals surface area contributed by atoms with E-state index in [0.717, 1.165) is 6.42 Å². The van der Waals surface area contributed by atoms with Crippen molar-refractivity contribution in [3.05, 3.63) is 0 Å². The number of carbonyl (C=O) groups excluding carboxylic acids is 2. The maximum Gasteiger partial charge on any atom is 0.245 e. The summed E-state index contributed by atoms with van der Waals surface area (Å²) in [6.07, 6.45) is 1.16. The Hall–Kier alpha value is -1.10. The molecule has 1 aliphatic heterocycles. The van der Waals surface area contributed by atoms with E-state index in [0.29, 0.717) is 19.6 Å². The van der Waals surface area contributed by atoms with Crippen molar-refractivity contribution in [1.82, 2.24) is 10.2 Å². The minimum absolute atomic E-state index is 0.0157. The van der Waals surface area contributed by atoms with Crippen LogP contribution in [0.15, 0.2) is 0 Å². The molecule has 19 heavy (non-hydrogen) atoms. The Morgan fingerprint density at radius 3 is 2.53 bits per heavy atom. The van der Waals surface area contributed by atoms with Crippen LogP contribution in [0, 0.1) is 5.41 Å². The van der Waals surface area contributed by atoms with Gasteiger partial charge < -0.3 is 15.0 Å². The highest BCUT2D eigenvalue weighted by atomic mass is 16.5. The van der Waals surface area contributed by atoms with E-state index in [1.165, 1.54) is 0 Å². The minimum Gasteiger partial charge on any atom is -0.385 e. The predicted molar refractivity (Wildman–Crippen MR) is 73.7 cm³/mol. The van der Waals surface area contributed by atoms with Crippen LogP contribution in [0.5, 0.6) is 0 Å². The fourth-order valence-corrected chi connectivity index (χ4v) is 2.34. The number of amides is 2. The Bertz CT molecular complexity index is 336. The number of rotatable bonds is 4. The molecule has 1 heterocycles. The lowest BCUT2D eigenvalue weighted by molar-refractivity contribution is -0.137. The van der Waals surface area contributed by atoms with E-state index < -0.39 is 6.04 Å². The smallest absolute Gasteiger partial charge is 0.245 e. The Labute approximate surface area is 115 Å². The van der Waals surface area contributed by atoms with Crippen molar-refractivity contribution in [2.75, 3.05) is 20.3 Å². The maximum absolute atomic E-state index is 12.6. The summed E-state index contributed by atoms with van der Waals surface area (Å²) in [6.45, 7) is 9.10. The molecule has 2 amide bonds. The maximum atomic E-state index is 12.6. The second kappa shape index (κ2) is 6.37. The molecule has 0 saturated carbocycles. The highest BCUT2D eigenvalue weighted by Crippen LogP contribution is 2.24. The van der Waals surface area contributed by atoms with Crippen molar-refractivity contribution in [2.24, 2.45) is 5.41 Å². The van der Waals surface area contributed by atoms with Gasteiger partial charge in [0.1, 0.15) is 6.04 Å². The lowest BCUT2D eigenvalue weighted by Gasteiger charge is -2.34. The summed E-state index contributed by atoms with van der Waals surface area (Å²) < 4.78 is 5.03. The number of nitrogens with one attached hydrogen (secondary N) is 1.